The maximum Gasteiger partial charge on any atom is 0.313 e. The lowest BCUT2D eigenvalue weighted by molar-refractivity contribution is -0.183. The molecule has 5 heterocycles. The second-order valence-corrected chi connectivity index (χ2v) is 10.3. The average Bonchev–Trinajstić information content (AvgIpc) is 3.54. The summed E-state index contributed by atoms with van der Waals surface area (Å²) in [5, 5.41) is 24.1. The first-order valence-electron chi connectivity index (χ1n) is 11.5. The molecule has 2 N–H and O–H groups in total. The minimum Gasteiger partial charge on any atom is -0.481 e. The Bertz CT molecular complexity index is 1340. The van der Waals surface area contributed by atoms with Gasteiger partial charge in [-0.1, -0.05) is 37.3 Å². The van der Waals surface area contributed by atoms with E-state index in [1.807, 2.05) is 19.2 Å². The maximum atomic E-state index is 12.0. The first-order chi connectivity index (χ1) is 16.2. The summed E-state index contributed by atoms with van der Waals surface area (Å²) in [6, 6.07) is 12.6. The molecule has 176 valence electrons. The van der Waals surface area contributed by atoms with E-state index in [0.717, 1.165) is 30.8 Å². The smallest absolute Gasteiger partial charge is 0.313 e. The highest BCUT2D eigenvalue weighted by Crippen LogP contribution is 2.66. The Morgan fingerprint density at radius 3 is 2.68 bits per heavy atom. The fourth-order valence-corrected chi connectivity index (χ4v) is 6.22. The molecule has 2 bridgehead atoms. The van der Waals surface area contributed by atoms with Crippen LogP contribution in [0.1, 0.15) is 36.7 Å². The zero-order valence-corrected chi connectivity index (χ0v) is 19.1. The summed E-state index contributed by atoms with van der Waals surface area (Å²) in [5.74, 6) is -3.31. The van der Waals surface area contributed by atoms with Crippen LogP contribution in [0.3, 0.4) is 0 Å². The van der Waals surface area contributed by atoms with Gasteiger partial charge < -0.3 is 19.8 Å². The van der Waals surface area contributed by atoms with Crippen molar-refractivity contribution >= 4 is 23.3 Å². The molecule has 0 radical (unpaired) electrons. The van der Waals surface area contributed by atoms with Crippen molar-refractivity contribution in [2.75, 3.05) is 24.6 Å². The van der Waals surface area contributed by atoms with Crippen LogP contribution in [0.4, 0.5) is 5.69 Å². The number of anilines is 1. The van der Waals surface area contributed by atoms with Crippen molar-refractivity contribution in [2.24, 2.45) is 11.3 Å². The Kier molecular flexibility index (Phi) is 4.21. The van der Waals surface area contributed by atoms with Crippen LogP contribution < -0.4 is 4.90 Å². The minimum atomic E-state index is -1.42. The average molecular weight is 463 g/mol. The summed E-state index contributed by atoms with van der Waals surface area (Å²) in [5.41, 5.74) is 1.20. The molecule has 4 aliphatic rings. The highest BCUT2D eigenvalue weighted by atomic mass is 16.5. The number of aliphatic carboxylic acids is 2. The van der Waals surface area contributed by atoms with Crippen LogP contribution in [0.15, 0.2) is 42.6 Å². The van der Waals surface area contributed by atoms with Crippen LogP contribution in [-0.4, -0.2) is 56.4 Å². The summed E-state index contributed by atoms with van der Waals surface area (Å²) in [4.78, 5) is 30.8. The van der Waals surface area contributed by atoms with Gasteiger partial charge in [-0.2, -0.15) is 0 Å². The van der Waals surface area contributed by atoms with Gasteiger partial charge >= 0.3 is 11.9 Å². The number of rotatable bonds is 5. The maximum absolute atomic E-state index is 12.0. The number of carbonyl (C=O) groups is 2. The first kappa shape index (κ1) is 21.1. The van der Waals surface area contributed by atoms with Crippen LogP contribution in [-0.2, 0) is 25.3 Å². The molecule has 1 aliphatic carbocycles. The number of hydrogen-bond acceptors (Lipinski definition) is 6. The lowest BCUT2D eigenvalue weighted by atomic mass is 9.53. The molecule has 4 fully saturated rings. The van der Waals surface area contributed by atoms with Crippen molar-refractivity contribution in [1.82, 2.24) is 14.6 Å². The van der Waals surface area contributed by atoms with Crippen LogP contribution in [0.5, 0.6) is 0 Å². The van der Waals surface area contributed by atoms with Gasteiger partial charge in [-0.25, -0.2) is 9.50 Å². The number of nitrogens with zero attached hydrogens (tertiary/aromatic N) is 4. The van der Waals surface area contributed by atoms with Crippen LogP contribution >= 0.6 is 0 Å². The second kappa shape index (κ2) is 6.79. The number of carboxylic acid groups (broad SMARTS) is 2. The van der Waals surface area contributed by atoms with E-state index in [1.54, 1.807) is 4.52 Å². The molecule has 2 aromatic heterocycles. The van der Waals surface area contributed by atoms with Crippen molar-refractivity contribution in [1.29, 1.82) is 0 Å². The largest absolute Gasteiger partial charge is 0.481 e. The van der Waals surface area contributed by atoms with Gasteiger partial charge in [0.15, 0.2) is 11.5 Å². The molecule has 3 aliphatic heterocycles. The molecule has 1 aromatic carbocycles. The van der Waals surface area contributed by atoms with Gasteiger partial charge in [-0.3, -0.25) is 9.59 Å². The lowest BCUT2D eigenvalue weighted by Gasteiger charge is -2.45. The molecule has 3 saturated heterocycles. The second-order valence-electron chi connectivity index (χ2n) is 10.3. The molecule has 0 spiro atoms. The van der Waals surface area contributed by atoms with Gasteiger partial charge in [-0.15, -0.1) is 5.10 Å². The summed E-state index contributed by atoms with van der Waals surface area (Å²) < 4.78 is 7.48. The highest BCUT2D eigenvalue weighted by molar-refractivity contribution is 5.88. The van der Waals surface area contributed by atoms with E-state index >= 15 is 0 Å². The van der Waals surface area contributed by atoms with Crippen molar-refractivity contribution in [3.8, 4) is 0 Å². The summed E-state index contributed by atoms with van der Waals surface area (Å²) >= 11 is 0. The number of carboxylic acids is 2. The van der Waals surface area contributed by atoms with Crippen molar-refractivity contribution in [2.45, 2.75) is 37.7 Å². The van der Waals surface area contributed by atoms with Gasteiger partial charge in [0, 0.05) is 24.9 Å². The topological polar surface area (TPSA) is 117 Å². The monoisotopic (exact) mass is 462 g/mol. The van der Waals surface area contributed by atoms with Crippen molar-refractivity contribution in [3.05, 3.63) is 59.5 Å². The fraction of sp³-hybridized carbons (Fsp3) is 0.440. The molecule has 7 rings (SSSR count). The van der Waals surface area contributed by atoms with Crippen molar-refractivity contribution in [3.63, 3.8) is 0 Å². The van der Waals surface area contributed by atoms with E-state index in [0.29, 0.717) is 5.65 Å². The molecule has 4 atom stereocenters. The third kappa shape index (κ3) is 2.64. The molecule has 9 heteroatoms. The van der Waals surface area contributed by atoms with E-state index in [1.165, 1.54) is 5.56 Å². The summed E-state index contributed by atoms with van der Waals surface area (Å²) in [7, 11) is 0. The molecule has 34 heavy (non-hydrogen) atoms. The number of ether oxygens (including phenoxy) is 1. The van der Waals surface area contributed by atoms with Gasteiger partial charge in [0.1, 0.15) is 16.9 Å². The lowest BCUT2D eigenvalue weighted by Crippen LogP contribution is -2.60. The zero-order chi connectivity index (χ0) is 23.9. The molecule has 3 unspecified atom stereocenters. The molecule has 1 saturated carbocycles. The molecular weight excluding hydrogens is 436 g/mol. The first-order valence-corrected chi connectivity index (χ1v) is 11.5. The number of hydrogen-bond donors (Lipinski definition) is 2. The minimum absolute atomic E-state index is 0.0507. The molecule has 3 aromatic rings. The molecule has 9 nitrogen and oxygen atoms in total. The van der Waals surface area contributed by atoms with Gasteiger partial charge in [0.2, 0.25) is 0 Å². The Labute approximate surface area is 196 Å². The number of aryl methyl sites for hydroxylation is 1. The Balaban J connectivity index is 1.34. The Hall–Kier alpha value is -3.46. The molecular formula is C25H26N4O5. The number of fused-ring (bicyclic) bond motifs is 2. The summed E-state index contributed by atoms with van der Waals surface area (Å²) in [6.07, 6.45) is 3.02. The fourth-order valence-electron chi connectivity index (χ4n) is 6.22. The zero-order valence-electron chi connectivity index (χ0n) is 19.1. The standard InChI is InChI=1S/C25H26N4O5/c1-15-10-17(28-9-8-23(2,13-28)16-6-4-3-5-7-16)11-29-19(15)26-21(27-29)25-12-24(14-34-25,22(32)33)18(25)20(30)31/h3-7,10-11,18H,8-9,12-14H2,1-2H3,(H,30,31)(H,32,33)/t18?,23-,24?,25?/m0/s1. The van der Waals surface area contributed by atoms with Crippen LogP contribution in [0.2, 0.25) is 0 Å². The highest BCUT2D eigenvalue weighted by Gasteiger charge is 2.79. The number of aromatic nitrogens is 3. The van der Waals surface area contributed by atoms with Gasteiger partial charge in [0.05, 0.1) is 18.5 Å². The van der Waals surface area contributed by atoms with E-state index < -0.39 is 28.9 Å². The normalized spacial score (nSPS) is 32.2. The van der Waals surface area contributed by atoms with Crippen LogP contribution in [0, 0.1) is 18.3 Å². The summed E-state index contributed by atoms with van der Waals surface area (Å²) in [6.45, 7) is 5.88. The predicted octanol–water partition coefficient (Wildman–Crippen LogP) is 2.61. The van der Waals surface area contributed by atoms with Crippen LogP contribution in [0.25, 0.3) is 5.65 Å². The molecule has 0 amide bonds. The third-order valence-corrected chi connectivity index (χ3v) is 8.15. The number of pyridine rings is 1. The third-order valence-electron chi connectivity index (χ3n) is 8.15. The van der Waals surface area contributed by atoms with E-state index in [-0.39, 0.29) is 24.3 Å². The van der Waals surface area contributed by atoms with Crippen molar-refractivity contribution < 1.29 is 24.5 Å². The van der Waals surface area contributed by atoms with Gasteiger partial charge in [0.25, 0.3) is 0 Å². The Morgan fingerprint density at radius 1 is 1.21 bits per heavy atom. The van der Waals surface area contributed by atoms with E-state index in [2.05, 4.69) is 52.2 Å². The SMILES string of the molecule is Cc1cc(N2CC[C@](C)(c3ccccc3)C2)cn2nc(C34CC(C(=O)O)(CO3)C4C(=O)O)nc12. The Morgan fingerprint density at radius 2 is 1.97 bits per heavy atom. The van der Waals surface area contributed by atoms with Gasteiger partial charge in [-0.05, 0) is 30.5 Å². The van der Waals surface area contributed by atoms with E-state index in [9.17, 15) is 19.8 Å². The predicted molar refractivity (Wildman–Crippen MR) is 122 cm³/mol. The van der Waals surface area contributed by atoms with E-state index in [4.69, 9.17) is 4.74 Å². The quantitative estimate of drug-likeness (QED) is 0.594. The number of benzene rings is 1.